The largest absolute Gasteiger partial charge is 0.489 e. The van der Waals surface area contributed by atoms with E-state index < -0.39 is 17.5 Å². The maximum absolute atomic E-state index is 13.5. The standard InChI is InChI=1S/C42H44ClN9O6/c1-41(2)39(42(3,4)40(41)58-29-11-7-25(21-44)31(43)20-29)46-35(54)24-5-8-27(9-6-24)49-15-17-50(18-16-49)37(56)26-22-51(23-26)28-10-12-32-30(19-28)38(57)52(48-47-32)33-13-14-34(53)45-36(33)55/h5-12,19-20,26,33,39-40H,13-18,22-23H2,1-4H3,(H,46,54)(H,45,53,55). The average molecular weight is 806 g/mol. The highest BCUT2D eigenvalue weighted by Gasteiger charge is 2.64. The van der Waals surface area contributed by atoms with Crippen LogP contribution in [-0.4, -0.2) is 94.9 Å². The van der Waals surface area contributed by atoms with Crippen molar-refractivity contribution in [1.29, 1.82) is 5.26 Å². The van der Waals surface area contributed by atoms with E-state index in [9.17, 15) is 29.2 Å². The normalized spacial score (nSPS) is 22.7. The number of imide groups is 1. The molecule has 4 amide bonds. The number of rotatable bonds is 8. The van der Waals surface area contributed by atoms with E-state index >= 15 is 0 Å². The molecular formula is C42H44ClN9O6. The minimum atomic E-state index is -0.902. The fourth-order valence-corrected chi connectivity index (χ4v) is 9.49. The number of benzene rings is 3. The summed E-state index contributed by atoms with van der Waals surface area (Å²) in [4.78, 5) is 70.5. The molecule has 4 aliphatic rings. The van der Waals surface area contributed by atoms with Gasteiger partial charge in [0.2, 0.25) is 11.8 Å². The second-order valence-corrected chi connectivity index (χ2v) is 17.2. The Morgan fingerprint density at radius 2 is 1.60 bits per heavy atom. The molecule has 1 aliphatic carbocycles. The number of piperazine rings is 1. The van der Waals surface area contributed by atoms with Crippen LogP contribution in [-0.2, 0) is 14.4 Å². The number of nitrogens with one attached hydrogen (secondary N) is 2. The number of fused-ring (bicyclic) bond motifs is 1. The Morgan fingerprint density at radius 1 is 0.914 bits per heavy atom. The lowest BCUT2D eigenvalue weighted by atomic mass is 9.49. The molecule has 1 aromatic heterocycles. The van der Waals surface area contributed by atoms with E-state index in [1.165, 1.54) is 0 Å². The van der Waals surface area contributed by atoms with Gasteiger partial charge in [-0.3, -0.25) is 29.3 Å². The molecule has 0 spiro atoms. The molecule has 3 aliphatic heterocycles. The van der Waals surface area contributed by atoms with Gasteiger partial charge in [-0.2, -0.15) is 9.94 Å². The third-order valence-corrected chi connectivity index (χ3v) is 12.6. The van der Waals surface area contributed by atoms with Crippen LogP contribution in [0, 0.1) is 28.1 Å². The first-order valence-electron chi connectivity index (χ1n) is 19.4. The zero-order valence-electron chi connectivity index (χ0n) is 32.7. The number of amides is 4. The number of halogens is 1. The lowest BCUT2D eigenvalue weighted by molar-refractivity contribution is -0.164. The van der Waals surface area contributed by atoms with E-state index in [1.54, 1.807) is 30.3 Å². The van der Waals surface area contributed by atoms with E-state index in [0.29, 0.717) is 72.1 Å². The van der Waals surface area contributed by atoms with Gasteiger partial charge in [-0.1, -0.05) is 44.5 Å². The van der Waals surface area contributed by atoms with Gasteiger partial charge in [-0.25, -0.2) is 0 Å². The van der Waals surface area contributed by atoms with Crippen molar-refractivity contribution in [2.24, 2.45) is 16.7 Å². The van der Waals surface area contributed by atoms with E-state index in [2.05, 4.69) is 59.6 Å². The topological polar surface area (TPSA) is 183 Å². The van der Waals surface area contributed by atoms with Gasteiger partial charge in [0.15, 0.2) is 0 Å². The molecule has 1 atom stereocenters. The van der Waals surface area contributed by atoms with Crippen LogP contribution in [0.2, 0.25) is 5.02 Å². The van der Waals surface area contributed by atoms with Crippen molar-refractivity contribution in [2.75, 3.05) is 49.1 Å². The van der Waals surface area contributed by atoms with Crippen molar-refractivity contribution in [3.8, 4) is 11.8 Å². The predicted molar refractivity (Wildman–Crippen MR) is 216 cm³/mol. The van der Waals surface area contributed by atoms with Gasteiger partial charge >= 0.3 is 0 Å². The van der Waals surface area contributed by atoms with Gasteiger partial charge in [-0.15, -0.1) is 5.10 Å². The Morgan fingerprint density at radius 3 is 2.26 bits per heavy atom. The van der Waals surface area contributed by atoms with Gasteiger partial charge in [0, 0.05) is 85.6 Å². The number of hydrogen-bond donors (Lipinski definition) is 2. The van der Waals surface area contributed by atoms with Gasteiger partial charge in [0.1, 0.15) is 29.5 Å². The van der Waals surface area contributed by atoms with Crippen LogP contribution in [0.4, 0.5) is 11.4 Å². The van der Waals surface area contributed by atoms with E-state index in [1.807, 2.05) is 40.1 Å². The SMILES string of the molecule is CC1(C)C(NC(=O)c2ccc(N3CCN(C(=O)C4CN(c5ccc6nnn(C7CCC(=O)NC7=O)c(=O)c6c5)C4)CC3)cc2)C(C)(C)C1Oc1ccc(C#N)c(Cl)c1. The maximum Gasteiger partial charge on any atom is 0.278 e. The number of nitrogens with zero attached hydrogens (tertiary/aromatic N) is 7. The summed E-state index contributed by atoms with van der Waals surface area (Å²) in [5.74, 6) is -0.599. The zero-order chi connectivity index (χ0) is 41.1. The lowest BCUT2D eigenvalue weighted by Crippen LogP contribution is -2.74. The van der Waals surface area contributed by atoms with Crippen molar-refractivity contribution in [3.05, 3.63) is 87.2 Å². The highest BCUT2D eigenvalue weighted by atomic mass is 35.5. The minimum Gasteiger partial charge on any atom is -0.489 e. The molecule has 2 N–H and O–H groups in total. The Balaban J connectivity index is 0.825. The first kappa shape index (κ1) is 38.8. The summed E-state index contributed by atoms with van der Waals surface area (Å²) in [6, 6.07) is 18.9. The third-order valence-electron chi connectivity index (χ3n) is 12.3. The summed E-state index contributed by atoms with van der Waals surface area (Å²) in [7, 11) is 0. The average Bonchev–Trinajstić information content (AvgIpc) is 3.19. The van der Waals surface area contributed by atoms with E-state index in [4.69, 9.17) is 16.3 Å². The molecule has 3 aromatic carbocycles. The molecule has 16 heteroatoms. The van der Waals surface area contributed by atoms with Crippen LogP contribution in [0.3, 0.4) is 0 Å². The summed E-state index contributed by atoms with van der Waals surface area (Å²) in [6.45, 7) is 11.8. The van der Waals surface area contributed by atoms with Crippen LogP contribution in [0.1, 0.15) is 62.5 Å². The molecule has 4 aromatic rings. The first-order chi connectivity index (χ1) is 27.6. The number of hydrogen-bond acceptors (Lipinski definition) is 11. The number of nitriles is 1. The molecule has 8 rings (SSSR count). The van der Waals surface area contributed by atoms with E-state index in [0.717, 1.165) is 16.1 Å². The van der Waals surface area contributed by atoms with Crippen molar-refractivity contribution >= 4 is 57.5 Å². The van der Waals surface area contributed by atoms with Crippen molar-refractivity contribution in [3.63, 3.8) is 0 Å². The van der Waals surface area contributed by atoms with Crippen molar-refractivity contribution < 1.29 is 23.9 Å². The molecule has 3 saturated heterocycles. The van der Waals surface area contributed by atoms with Crippen LogP contribution in [0.25, 0.3) is 10.9 Å². The quantitative estimate of drug-likeness (QED) is 0.248. The van der Waals surface area contributed by atoms with Crippen molar-refractivity contribution in [1.82, 2.24) is 30.5 Å². The highest BCUT2D eigenvalue weighted by molar-refractivity contribution is 6.31. The Labute approximate surface area is 339 Å². The van der Waals surface area contributed by atoms with Gasteiger partial charge < -0.3 is 24.8 Å². The summed E-state index contributed by atoms with van der Waals surface area (Å²) in [5.41, 5.74) is 1.88. The van der Waals surface area contributed by atoms with Crippen molar-refractivity contribution in [2.45, 2.75) is 58.7 Å². The number of carbonyl (C=O) groups excluding carboxylic acids is 4. The fraction of sp³-hybridized carbons (Fsp3) is 0.429. The number of carbonyl (C=O) groups is 4. The lowest BCUT2D eigenvalue weighted by Gasteiger charge is -2.63. The van der Waals surface area contributed by atoms with E-state index in [-0.39, 0.29) is 59.5 Å². The second-order valence-electron chi connectivity index (χ2n) is 16.8. The molecule has 0 radical (unpaired) electrons. The third kappa shape index (κ3) is 6.89. The molecular weight excluding hydrogens is 762 g/mol. The summed E-state index contributed by atoms with van der Waals surface area (Å²) < 4.78 is 7.41. The Bertz CT molecular complexity index is 2410. The number of ether oxygens (including phenoxy) is 1. The summed E-state index contributed by atoms with van der Waals surface area (Å²) in [5, 5.41) is 23.5. The summed E-state index contributed by atoms with van der Waals surface area (Å²) in [6.07, 6.45) is 0.0884. The molecule has 58 heavy (non-hydrogen) atoms. The fourth-order valence-electron chi connectivity index (χ4n) is 9.28. The molecule has 15 nitrogen and oxygen atoms in total. The van der Waals surface area contributed by atoms with Crippen LogP contribution < -0.4 is 30.7 Å². The number of anilines is 2. The van der Waals surface area contributed by atoms with Gasteiger partial charge in [0.05, 0.1) is 21.9 Å². The molecule has 4 fully saturated rings. The first-order valence-corrected chi connectivity index (χ1v) is 19.8. The second kappa shape index (κ2) is 14.7. The zero-order valence-corrected chi connectivity index (χ0v) is 33.5. The Kier molecular flexibility index (Phi) is 9.87. The highest BCUT2D eigenvalue weighted by Crippen LogP contribution is 2.55. The molecule has 300 valence electrons. The minimum absolute atomic E-state index is 0.102. The molecule has 4 heterocycles. The Hall–Kier alpha value is -6.01. The van der Waals surface area contributed by atoms with Gasteiger partial charge in [-0.05, 0) is 61.0 Å². The van der Waals surface area contributed by atoms with Crippen LogP contribution in [0.15, 0.2) is 65.5 Å². The number of aromatic nitrogens is 3. The smallest absolute Gasteiger partial charge is 0.278 e. The maximum atomic E-state index is 13.5. The van der Waals surface area contributed by atoms with Gasteiger partial charge in [0.25, 0.3) is 17.4 Å². The molecule has 1 saturated carbocycles. The number of piperidine rings is 1. The predicted octanol–water partition coefficient (Wildman–Crippen LogP) is 3.69. The monoisotopic (exact) mass is 805 g/mol. The molecule has 1 unspecified atom stereocenters. The molecule has 0 bridgehead atoms. The van der Waals surface area contributed by atoms with Crippen LogP contribution >= 0.6 is 11.6 Å². The summed E-state index contributed by atoms with van der Waals surface area (Å²) >= 11 is 6.24. The van der Waals surface area contributed by atoms with Crippen LogP contribution in [0.5, 0.6) is 5.75 Å².